The number of pyridine rings is 1. The number of benzene rings is 1. The summed E-state index contributed by atoms with van der Waals surface area (Å²) in [6.07, 6.45) is 1.64. The first-order chi connectivity index (χ1) is 11.7. The molecular formula is C18H17N3O3. The van der Waals surface area contributed by atoms with Crippen molar-refractivity contribution >= 4 is 5.91 Å². The first kappa shape index (κ1) is 15.7. The smallest absolute Gasteiger partial charge is 0.257 e. The number of methoxy groups -OCH3 is 1. The molecule has 0 fully saturated rings. The third-order valence-corrected chi connectivity index (χ3v) is 3.62. The number of hydrogen-bond acceptors (Lipinski definition) is 5. The van der Waals surface area contributed by atoms with E-state index in [0.717, 1.165) is 11.1 Å². The van der Waals surface area contributed by atoms with Crippen molar-refractivity contribution in [2.75, 3.05) is 7.11 Å². The highest BCUT2D eigenvalue weighted by Crippen LogP contribution is 2.25. The molecule has 0 saturated carbocycles. The maximum Gasteiger partial charge on any atom is 0.257 e. The summed E-state index contributed by atoms with van der Waals surface area (Å²) in [6.45, 7) is 2.02. The summed E-state index contributed by atoms with van der Waals surface area (Å²) in [4.78, 5) is 16.7. The second kappa shape index (κ2) is 6.95. The van der Waals surface area contributed by atoms with Gasteiger partial charge in [0, 0.05) is 23.9 Å². The van der Waals surface area contributed by atoms with Crippen molar-refractivity contribution in [3.05, 3.63) is 65.5 Å². The molecule has 6 nitrogen and oxygen atoms in total. The number of nitrogens with one attached hydrogen (secondary N) is 1. The van der Waals surface area contributed by atoms with E-state index >= 15 is 0 Å². The molecule has 0 bridgehead atoms. The lowest BCUT2D eigenvalue weighted by molar-refractivity contribution is 0.0949. The van der Waals surface area contributed by atoms with E-state index in [0.29, 0.717) is 29.4 Å². The predicted octanol–water partition coefficient (Wildman–Crippen LogP) is 2.98. The van der Waals surface area contributed by atoms with Crippen molar-refractivity contribution in [2.24, 2.45) is 0 Å². The third-order valence-electron chi connectivity index (χ3n) is 3.62. The summed E-state index contributed by atoms with van der Waals surface area (Å²) in [5.41, 5.74) is 2.59. The molecule has 2 aromatic heterocycles. The first-order valence-corrected chi connectivity index (χ1v) is 7.48. The van der Waals surface area contributed by atoms with E-state index in [1.54, 1.807) is 26.3 Å². The van der Waals surface area contributed by atoms with Crippen LogP contribution in [0, 0.1) is 6.92 Å². The number of ether oxygens (including phenoxy) is 1. The van der Waals surface area contributed by atoms with E-state index in [-0.39, 0.29) is 5.91 Å². The van der Waals surface area contributed by atoms with E-state index in [1.807, 2.05) is 36.4 Å². The van der Waals surface area contributed by atoms with Gasteiger partial charge < -0.3 is 14.6 Å². The van der Waals surface area contributed by atoms with Gasteiger partial charge in [0.2, 0.25) is 5.88 Å². The summed E-state index contributed by atoms with van der Waals surface area (Å²) < 4.78 is 10.4. The van der Waals surface area contributed by atoms with Crippen LogP contribution >= 0.6 is 0 Å². The van der Waals surface area contributed by atoms with Gasteiger partial charge in [-0.2, -0.15) is 0 Å². The molecule has 0 aliphatic rings. The third kappa shape index (κ3) is 3.12. The van der Waals surface area contributed by atoms with Crippen LogP contribution in [0.2, 0.25) is 0 Å². The molecule has 0 unspecified atom stereocenters. The van der Waals surface area contributed by atoms with Gasteiger partial charge in [0.15, 0.2) is 0 Å². The molecule has 0 aliphatic carbocycles. The zero-order valence-electron chi connectivity index (χ0n) is 13.4. The van der Waals surface area contributed by atoms with E-state index < -0.39 is 0 Å². The predicted molar refractivity (Wildman–Crippen MR) is 88.6 cm³/mol. The van der Waals surface area contributed by atoms with Gasteiger partial charge in [0.1, 0.15) is 17.0 Å². The van der Waals surface area contributed by atoms with Crippen LogP contribution in [0.1, 0.15) is 21.7 Å². The van der Waals surface area contributed by atoms with Crippen LogP contribution in [-0.2, 0) is 6.54 Å². The molecular weight excluding hydrogens is 306 g/mol. The van der Waals surface area contributed by atoms with Crippen molar-refractivity contribution in [3.8, 4) is 17.1 Å². The van der Waals surface area contributed by atoms with Crippen molar-refractivity contribution < 1.29 is 14.1 Å². The Morgan fingerprint density at radius 2 is 2.00 bits per heavy atom. The lowest BCUT2D eigenvalue weighted by atomic mass is 10.1. The van der Waals surface area contributed by atoms with Crippen molar-refractivity contribution in [1.82, 2.24) is 15.5 Å². The summed E-state index contributed by atoms with van der Waals surface area (Å²) in [5, 5.41) is 6.89. The Kier molecular flexibility index (Phi) is 4.56. The SMILES string of the molecule is COc1ncccc1CNC(=O)c1c(-c2ccccc2)noc1C. The fraction of sp³-hybridized carbons (Fsp3) is 0.167. The fourth-order valence-electron chi connectivity index (χ4n) is 2.44. The van der Waals surface area contributed by atoms with Crippen LogP contribution in [0.25, 0.3) is 11.3 Å². The number of nitrogens with zero attached hydrogens (tertiary/aromatic N) is 2. The zero-order chi connectivity index (χ0) is 16.9. The van der Waals surface area contributed by atoms with Gasteiger partial charge in [-0.15, -0.1) is 0 Å². The van der Waals surface area contributed by atoms with Crippen LogP contribution in [0.4, 0.5) is 0 Å². The highest BCUT2D eigenvalue weighted by molar-refractivity contribution is 6.00. The minimum atomic E-state index is -0.251. The Labute approximate surface area is 139 Å². The van der Waals surface area contributed by atoms with Crippen LogP contribution in [-0.4, -0.2) is 23.2 Å². The molecule has 1 N–H and O–H groups in total. The largest absolute Gasteiger partial charge is 0.481 e. The number of rotatable bonds is 5. The number of aromatic nitrogens is 2. The second-order valence-corrected chi connectivity index (χ2v) is 5.18. The van der Waals surface area contributed by atoms with Gasteiger partial charge in [0.05, 0.1) is 7.11 Å². The minimum absolute atomic E-state index is 0.251. The Morgan fingerprint density at radius 1 is 1.21 bits per heavy atom. The lowest BCUT2D eigenvalue weighted by Crippen LogP contribution is -2.24. The minimum Gasteiger partial charge on any atom is -0.481 e. The van der Waals surface area contributed by atoms with Crippen LogP contribution in [0.3, 0.4) is 0 Å². The Hall–Kier alpha value is -3.15. The summed E-state index contributed by atoms with van der Waals surface area (Å²) in [6, 6.07) is 13.1. The summed E-state index contributed by atoms with van der Waals surface area (Å²) in [7, 11) is 1.55. The number of amides is 1. The lowest BCUT2D eigenvalue weighted by Gasteiger charge is -2.08. The normalized spacial score (nSPS) is 10.4. The van der Waals surface area contributed by atoms with Gasteiger partial charge in [-0.1, -0.05) is 41.6 Å². The topological polar surface area (TPSA) is 77.2 Å². The van der Waals surface area contributed by atoms with E-state index in [2.05, 4.69) is 15.5 Å². The average molecular weight is 323 g/mol. The maximum atomic E-state index is 12.6. The number of aryl methyl sites for hydroxylation is 1. The van der Waals surface area contributed by atoms with Crippen LogP contribution < -0.4 is 10.1 Å². The summed E-state index contributed by atoms with van der Waals surface area (Å²) >= 11 is 0. The first-order valence-electron chi connectivity index (χ1n) is 7.48. The highest BCUT2D eigenvalue weighted by atomic mass is 16.5. The average Bonchev–Trinajstić information content (AvgIpc) is 3.02. The quantitative estimate of drug-likeness (QED) is 0.781. The van der Waals surface area contributed by atoms with Crippen LogP contribution in [0.15, 0.2) is 53.2 Å². The van der Waals surface area contributed by atoms with Crippen molar-refractivity contribution in [2.45, 2.75) is 13.5 Å². The molecule has 6 heteroatoms. The Morgan fingerprint density at radius 3 is 2.75 bits per heavy atom. The molecule has 3 aromatic rings. The Balaban J connectivity index is 1.82. The molecule has 1 amide bonds. The molecule has 3 rings (SSSR count). The van der Waals surface area contributed by atoms with Crippen molar-refractivity contribution in [1.29, 1.82) is 0 Å². The molecule has 24 heavy (non-hydrogen) atoms. The fourth-order valence-corrected chi connectivity index (χ4v) is 2.44. The van der Waals surface area contributed by atoms with Crippen molar-refractivity contribution in [3.63, 3.8) is 0 Å². The van der Waals surface area contributed by atoms with Gasteiger partial charge in [-0.05, 0) is 13.0 Å². The standard InChI is InChI=1S/C18H17N3O3/c1-12-15(16(21-24-12)13-7-4-3-5-8-13)17(22)20-11-14-9-6-10-19-18(14)23-2/h3-10H,11H2,1-2H3,(H,20,22). The molecule has 0 spiro atoms. The summed E-state index contributed by atoms with van der Waals surface area (Å²) in [5.74, 6) is 0.714. The Bertz CT molecular complexity index is 844. The van der Waals surface area contributed by atoms with E-state index in [9.17, 15) is 4.79 Å². The molecule has 0 radical (unpaired) electrons. The van der Waals surface area contributed by atoms with Gasteiger partial charge in [-0.25, -0.2) is 4.98 Å². The van der Waals surface area contributed by atoms with Gasteiger partial charge >= 0.3 is 0 Å². The van der Waals surface area contributed by atoms with Gasteiger partial charge in [0.25, 0.3) is 5.91 Å². The number of carbonyl (C=O) groups is 1. The molecule has 1 aromatic carbocycles. The monoisotopic (exact) mass is 323 g/mol. The highest BCUT2D eigenvalue weighted by Gasteiger charge is 2.21. The zero-order valence-corrected chi connectivity index (χ0v) is 13.4. The maximum absolute atomic E-state index is 12.6. The van der Waals surface area contributed by atoms with Gasteiger partial charge in [-0.3, -0.25) is 4.79 Å². The molecule has 122 valence electrons. The number of hydrogen-bond donors (Lipinski definition) is 1. The van der Waals surface area contributed by atoms with E-state index in [4.69, 9.17) is 9.26 Å². The second-order valence-electron chi connectivity index (χ2n) is 5.18. The number of carbonyl (C=O) groups excluding carboxylic acids is 1. The van der Waals surface area contributed by atoms with E-state index in [1.165, 1.54) is 0 Å². The molecule has 2 heterocycles. The van der Waals surface area contributed by atoms with Crippen LogP contribution in [0.5, 0.6) is 5.88 Å². The molecule has 0 aliphatic heterocycles. The molecule has 0 atom stereocenters. The molecule has 0 saturated heterocycles.